The summed E-state index contributed by atoms with van der Waals surface area (Å²) in [6.07, 6.45) is -1.48. The third-order valence-electron chi connectivity index (χ3n) is 4.52. The molecule has 0 saturated carbocycles. The molecule has 2 aromatic carbocycles. The SMILES string of the molecule is CCN(Cc1cccc(NC(=O)Cc2cnn(-c3ccccc3)c2)c1)C(=O)C(F)(F)F. The Labute approximate surface area is 177 Å². The summed E-state index contributed by atoms with van der Waals surface area (Å²) >= 11 is 0. The van der Waals surface area contributed by atoms with Crippen LogP contribution in [0.5, 0.6) is 0 Å². The number of hydrogen-bond donors (Lipinski definition) is 1. The normalized spacial score (nSPS) is 11.2. The van der Waals surface area contributed by atoms with Crippen LogP contribution in [0.3, 0.4) is 0 Å². The van der Waals surface area contributed by atoms with Crippen LogP contribution < -0.4 is 5.32 Å². The van der Waals surface area contributed by atoms with Crippen LogP contribution >= 0.6 is 0 Å². The van der Waals surface area contributed by atoms with Gasteiger partial charge in [0.2, 0.25) is 5.91 Å². The van der Waals surface area contributed by atoms with Gasteiger partial charge in [-0.15, -0.1) is 0 Å². The first kappa shape index (κ1) is 22.1. The van der Waals surface area contributed by atoms with Gasteiger partial charge in [-0.05, 0) is 42.3 Å². The molecule has 0 aliphatic carbocycles. The fourth-order valence-corrected chi connectivity index (χ4v) is 3.04. The van der Waals surface area contributed by atoms with Gasteiger partial charge in [0.15, 0.2) is 0 Å². The average molecular weight is 430 g/mol. The minimum Gasteiger partial charge on any atom is -0.331 e. The summed E-state index contributed by atoms with van der Waals surface area (Å²) in [7, 11) is 0. The van der Waals surface area contributed by atoms with Gasteiger partial charge >= 0.3 is 12.1 Å². The van der Waals surface area contributed by atoms with E-state index in [0.29, 0.717) is 21.7 Å². The number of alkyl halides is 3. The Hall–Kier alpha value is -3.62. The average Bonchev–Trinajstić information content (AvgIpc) is 3.20. The zero-order valence-corrected chi connectivity index (χ0v) is 16.8. The van der Waals surface area contributed by atoms with Crippen molar-refractivity contribution in [1.29, 1.82) is 0 Å². The smallest absolute Gasteiger partial charge is 0.331 e. The first-order chi connectivity index (χ1) is 14.8. The van der Waals surface area contributed by atoms with Crippen molar-refractivity contribution in [3.05, 3.63) is 78.1 Å². The van der Waals surface area contributed by atoms with Crippen molar-refractivity contribution >= 4 is 17.5 Å². The maximum atomic E-state index is 12.7. The molecule has 0 fully saturated rings. The standard InChI is InChI=1S/C22H21F3N4O2/c1-2-28(21(31)22(23,24)25)14-16-7-6-8-18(11-16)27-20(30)12-17-13-26-29(15-17)19-9-4-3-5-10-19/h3-11,13,15H,2,12,14H2,1H3,(H,27,30). The summed E-state index contributed by atoms with van der Waals surface area (Å²) in [5.74, 6) is -2.18. The molecule has 0 unspecified atom stereocenters. The van der Waals surface area contributed by atoms with Gasteiger partial charge in [-0.3, -0.25) is 9.59 Å². The lowest BCUT2D eigenvalue weighted by atomic mass is 10.1. The van der Waals surface area contributed by atoms with E-state index in [0.717, 1.165) is 5.69 Å². The molecule has 0 spiro atoms. The van der Waals surface area contributed by atoms with E-state index in [2.05, 4.69) is 10.4 Å². The number of benzene rings is 2. The Balaban J connectivity index is 1.62. The lowest BCUT2D eigenvalue weighted by Gasteiger charge is -2.22. The van der Waals surface area contributed by atoms with Crippen LogP contribution in [0.25, 0.3) is 5.69 Å². The second-order valence-corrected chi connectivity index (χ2v) is 6.87. The molecule has 0 atom stereocenters. The molecule has 31 heavy (non-hydrogen) atoms. The van der Waals surface area contributed by atoms with E-state index in [1.807, 2.05) is 30.3 Å². The number of nitrogens with one attached hydrogen (secondary N) is 1. The summed E-state index contributed by atoms with van der Waals surface area (Å²) in [6.45, 7) is 1.19. The van der Waals surface area contributed by atoms with Crippen LogP contribution in [0.4, 0.5) is 18.9 Å². The van der Waals surface area contributed by atoms with Crippen LogP contribution in [-0.2, 0) is 22.6 Å². The molecule has 1 aromatic heterocycles. The number of carbonyl (C=O) groups excluding carboxylic acids is 2. The lowest BCUT2D eigenvalue weighted by molar-refractivity contribution is -0.185. The molecular formula is C22H21F3N4O2. The number of nitrogens with zero attached hydrogens (tertiary/aromatic N) is 3. The molecule has 3 aromatic rings. The van der Waals surface area contributed by atoms with E-state index in [1.165, 1.54) is 6.92 Å². The molecule has 9 heteroatoms. The fraction of sp³-hybridized carbons (Fsp3) is 0.227. The van der Waals surface area contributed by atoms with Crippen molar-refractivity contribution in [2.75, 3.05) is 11.9 Å². The van der Waals surface area contributed by atoms with Gasteiger partial charge in [0.1, 0.15) is 0 Å². The number of aromatic nitrogens is 2. The van der Waals surface area contributed by atoms with E-state index >= 15 is 0 Å². The maximum Gasteiger partial charge on any atom is 0.471 e. The van der Waals surface area contributed by atoms with Crippen molar-refractivity contribution in [2.24, 2.45) is 0 Å². The quantitative estimate of drug-likeness (QED) is 0.617. The molecule has 1 heterocycles. The van der Waals surface area contributed by atoms with Crippen LogP contribution in [-0.4, -0.2) is 39.2 Å². The molecule has 0 saturated heterocycles. The van der Waals surface area contributed by atoms with Crippen molar-refractivity contribution in [3.8, 4) is 5.69 Å². The first-order valence-electron chi connectivity index (χ1n) is 9.60. The predicted octanol–water partition coefficient (Wildman–Crippen LogP) is 3.96. The topological polar surface area (TPSA) is 67.2 Å². The highest BCUT2D eigenvalue weighted by Crippen LogP contribution is 2.21. The maximum absolute atomic E-state index is 12.7. The van der Waals surface area contributed by atoms with Crippen molar-refractivity contribution < 1.29 is 22.8 Å². The van der Waals surface area contributed by atoms with Crippen molar-refractivity contribution in [3.63, 3.8) is 0 Å². The predicted molar refractivity (Wildman–Crippen MR) is 109 cm³/mol. The zero-order chi connectivity index (χ0) is 22.4. The van der Waals surface area contributed by atoms with Crippen molar-refractivity contribution in [2.45, 2.75) is 26.1 Å². The number of anilines is 1. The Bertz CT molecular complexity index is 1050. The lowest BCUT2D eigenvalue weighted by Crippen LogP contribution is -2.40. The second kappa shape index (κ2) is 9.46. The molecule has 0 aliphatic rings. The number of carbonyl (C=O) groups is 2. The molecule has 0 bridgehead atoms. The third-order valence-corrected chi connectivity index (χ3v) is 4.52. The van der Waals surface area contributed by atoms with E-state index in [-0.39, 0.29) is 25.4 Å². The summed E-state index contributed by atoms with van der Waals surface area (Å²) in [5.41, 5.74) is 2.50. The summed E-state index contributed by atoms with van der Waals surface area (Å²) < 4.78 is 39.8. The molecular weight excluding hydrogens is 409 g/mol. The number of amides is 2. The molecule has 6 nitrogen and oxygen atoms in total. The van der Waals surface area contributed by atoms with Crippen LogP contribution in [0.2, 0.25) is 0 Å². The molecule has 0 radical (unpaired) electrons. The monoisotopic (exact) mass is 430 g/mol. The minimum atomic E-state index is -4.92. The largest absolute Gasteiger partial charge is 0.471 e. The van der Waals surface area contributed by atoms with E-state index in [4.69, 9.17) is 0 Å². The van der Waals surface area contributed by atoms with Gasteiger partial charge in [-0.2, -0.15) is 18.3 Å². The molecule has 162 valence electrons. The van der Waals surface area contributed by atoms with Crippen LogP contribution in [0.15, 0.2) is 67.0 Å². The summed E-state index contributed by atoms with van der Waals surface area (Å²) in [5, 5.41) is 6.98. The number of rotatable bonds is 7. The molecule has 3 rings (SSSR count). The van der Waals surface area contributed by atoms with E-state index < -0.39 is 12.1 Å². The number of hydrogen-bond acceptors (Lipinski definition) is 3. The van der Waals surface area contributed by atoms with E-state index in [1.54, 1.807) is 41.3 Å². The highest BCUT2D eigenvalue weighted by molar-refractivity contribution is 5.92. The van der Waals surface area contributed by atoms with Crippen molar-refractivity contribution in [1.82, 2.24) is 14.7 Å². The Morgan fingerprint density at radius 2 is 1.81 bits per heavy atom. The van der Waals surface area contributed by atoms with E-state index in [9.17, 15) is 22.8 Å². The molecule has 1 N–H and O–H groups in total. The summed E-state index contributed by atoms with van der Waals surface area (Å²) in [4.78, 5) is 24.6. The van der Waals surface area contributed by atoms with Gasteiger partial charge in [0.05, 0.1) is 18.3 Å². The highest BCUT2D eigenvalue weighted by atomic mass is 19.4. The van der Waals surface area contributed by atoms with Gasteiger partial charge in [-0.25, -0.2) is 4.68 Å². The van der Waals surface area contributed by atoms with Crippen LogP contribution in [0.1, 0.15) is 18.1 Å². The highest BCUT2D eigenvalue weighted by Gasteiger charge is 2.41. The summed E-state index contributed by atoms with van der Waals surface area (Å²) in [6, 6.07) is 15.9. The molecule has 2 amide bonds. The Morgan fingerprint density at radius 3 is 2.48 bits per heavy atom. The van der Waals surface area contributed by atoms with Gasteiger partial charge in [-0.1, -0.05) is 30.3 Å². The minimum absolute atomic E-state index is 0.0830. The third kappa shape index (κ3) is 5.94. The Kier molecular flexibility index (Phi) is 6.74. The molecule has 0 aliphatic heterocycles. The second-order valence-electron chi connectivity index (χ2n) is 6.87. The zero-order valence-electron chi connectivity index (χ0n) is 16.8. The van der Waals surface area contributed by atoms with Gasteiger partial charge in [0.25, 0.3) is 0 Å². The van der Waals surface area contributed by atoms with Crippen LogP contribution in [0, 0.1) is 0 Å². The van der Waals surface area contributed by atoms with Gasteiger partial charge < -0.3 is 10.2 Å². The number of halogens is 3. The van der Waals surface area contributed by atoms with Gasteiger partial charge in [0, 0.05) is 25.0 Å². The Morgan fingerprint density at radius 1 is 1.06 bits per heavy atom. The fourth-order valence-electron chi connectivity index (χ4n) is 3.04. The first-order valence-corrected chi connectivity index (χ1v) is 9.60. The number of para-hydroxylation sites is 1.